The number of nitrogens with zero attached hydrogens (tertiary/aromatic N) is 3. The number of hydrogen-bond donors (Lipinski definition) is 0. The quantitative estimate of drug-likeness (QED) is 0.733. The van der Waals surface area contributed by atoms with Crippen LogP contribution in [0, 0.1) is 13.8 Å². The third-order valence-electron chi connectivity index (χ3n) is 1.50. The first-order valence-electron chi connectivity index (χ1n) is 3.60. The third kappa shape index (κ3) is 1.57. The molecule has 0 aliphatic rings. The van der Waals surface area contributed by atoms with Crippen molar-refractivity contribution in [2.24, 2.45) is 0 Å². The molecule has 0 aliphatic carbocycles. The highest BCUT2D eigenvalue weighted by molar-refractivity contribution is 7.15. The molecule has 0 saturated carbocycles. The van der Waals surface area contributed by atoms with Crippen LogP contribution in [0.25, 0.3) is 10.8 Å². The fourth-order valence-corrected chi connectivity index (χ4v) is 1.98. The van der Waals surface area contributed by atoms with Gasteiger partial charge in [0.15, 0.2) is 0 Å². The Morgan fingerprint density at radius 2 is 2.08 bits per heavy atom. The summed E-state index contributed by atoms with van der Waals surface area (Å²) in [5.74, 6) is 0.438. The molecule has 0 aromatic carbocycles. The highest BCUT2D eigenvalue weighted by Crippen LogP contribution is 2.29. The summed E-state index contributed by atoms with van der Waals surface area (Å²) >= 11 is 7.03. The standard InChI is InChI=1S/C7H6ClN3OS/c1-3-5(13-4(2)9-3)6-10-11-7(8)12-6/h1-2H3. The topological polar surface area (TPSA) is 51.8 Å². The highest BCUT2D eigenvalue weighted by Gasteiger charge is 2.13. The van der Waals surface area contributed by atoms with Crippen molar-refractivity contribution in [1.82, 2.24) is 15.2 Å². The first-order chi connectivity index (χ1) is 6.16. The lowest BCUT2D eigenvalue weighted by molar-refractivity contribution is 0.572. The van der Waals surface area contributed by atoms with E-state index in [1.165, 1.54) is 11.3 Å². The largest absolute Gasteiger partial charge is 0.406 e. The molecule has 0 aliphatic heterocycles. The van der Waals surface area contributed by atoms with Crippen molar-refractivity contribution in [3.63, 3.8) is 0 Å². The molecule has 2 aromatic rings. The summed E-state index contributed by atoms with van der Waals surface area (Å²) < 4.78 is 5.08. The molecule has 2 rings (SSSR count). The number of halogens is 1. The fourth-order valence-electron chi connectivity index (χ4n) is 1.03. The third-order valence-corrected chi connectivity index (χ3v) is 2.71. The van der Waals surface area contributed by atoms with Crippen LogP contribution in [0.1, 0.15) is 10.7 Å². The molecule has 6 heteroatoms. The van der Waals surface area contributed by atoms with E-state index in [1.807, 2.05) is 13.8 Å². The van der Waals surface area contributed by atoms with Crippen molar-refractivity contribution in [3.05, 3.63) is 16.1 Å². The molecule has 0 N–H and O–H groups in total. The number of thiazole rings is 1. The van der Waals surface area contributed by atoms with Crippen LogP contribution in [0.2, 0.25) is 5.35 Å². The molecule has 0 spiro atoms. The van der Waals surface area contributed by atoms with Gasteiger partial charge in [-0.2, -0.15) is 0 Å². The average molecular weight is 216 g/mol. The lowest BCUT2D eigenvalue weighted by Gasteiger charge is -1.86. The van der Waals surface area contributed by atoms with Gasteiger partial charge in [-0.1, -0.05) is 5.10 Å². The van der Waals surface area contributed by atoms with E-state index in [0.717, 1.165) is 15.6 Å². The van der Waals surface area contributed by atoms with Crippen LogP contribution in [0.3, 0.4) is 0 Å². The molecule has 2 aromatic heterocycles. The summed E-state index contributed by atoms with van der Waals surface area (Å²) in [5, 5.41) is 8.38. The fraction of sp³-hybridized carbons (Fsp3) is 0.286. The van der Waals surface area contributed by atoms with Gasteiger partial charge in [-0.3, -0.25) is 0 Å². The van der Waals surface area contributed by atoms with Gasteiger partial charge in [-0.05, 0) is 25.4 Å². The number of aromatic nitrogens is 3. The zero-order valence-electron chi connectivity index (χ0n) is 7.04. The predicted molar refractivity (Wildman–Crippen MR) is 49.9 cm³/mol. The second-order valence-corrected chi connectivity index (χ2v) is 4.03. The Morgan fingerprint density at radius 3 is 2.54 bits per heavy atom. The summed E-state index contributed by atoms with van der Waals surface area (Å²) in [6.45, 7) is 3.83. The molecule has 0 unspecified atom stereocenters. The molecule has 13 heavy (non-hydrogen) atoms. The summed E-state index contributed by atoms with van der Waals surface area (Å²) in [6, 6.07) is 0. The number of aryl methyl sites for hydroxylation is 2. The zero-order valence-corrected chi connectivity index (χ0v) is 8.61. The van der Waals surface area contributed by atoms with E-state index in [0.29, 0.717) is 5.89 Å². The molecule has 68 valence electrons. The van der Waals surface area contributed by atoms with E-state index in [4.69, 9.17) is 16.0 Å². The van der Waals surface area contributed by atoms with Crippen molar-refractivity contribution < 1.29 is 4.42 Å². The molecule has 2 heterocycles. The minimum Gasteiger partial charge on any atom is -0.406 e. The second-order valence-electron chi connectivity index (χ2n) is 2.51. The minimum absolute atomic E-state index is 0.0560. The maximum atomic E-state index is 5.51. The van der Waals surface area contributed by atoms with Crippen LogP contribution in [0.15, 0.2) is 4.42 Å². The number of hydrogen-bond acceptors (Lipinski definition) is 5. The SMILES string of the molecule is Cc1nc(C)c(-c2nnc(Cl)o2)s1. The highest BCUT2D eigenvalue weighted by atomic mass is 35.5. The van der Waals surface area contributed by atoms with E-state index in [-0.39, 0.29) is 5.35 Å². The molecule has 4 nitrogen and oxygen atoms in total. The van der Waals surface area contributed by atoms with E-state index in [1.54, 1.807) is 0 Å². The summed E-state index contributed by atoms with van der Waals surface area (Å²) in [4.78, 5) is 5.13. The van der Waals surface area contributed by atoms with E-state index in [9.17, 15) is 0 Å². The Bertz CT molecular complexity index is 437. The van der Waals surface area contributed by atoms with Crippen LogP contribution in [-0.4, -0.2) is 15.2 Å². The molecule has 0 bridgehead atoms. The molecular formula is C7H6ClN3OS. The van der Waals surface area contributed by atoms with Crippen LogP contribution < -0.4 is 0 Å². The Kier molecular flexibility index (Phi) is 2.05. The smallest absolute Gasteiger partial charge is 0.313 e. The molecule has 0 amide bonds. The van der Waals surface area contributed by atoms with Crippen molar-refractivity contribution in [2.75, 3.05) is 0 Å². The maximum absolute atomic E-state index is 5.51. The van der Waals surface area contributed by atoms with E-state index in [2.05, 4.69) is 15.2 Å². The summed E-state index contributed by atoms with van der Waals surface area (Å²) in [5.41, 5.74) is 0.891. The van der Waals surface area contributed by atoms with Crippen LogP contribution in [0.5, 0.6) is 0 Å². The van der Waals surface area contributed by atoms with Gasteiger partial charge in [0.1, 0.15) is 4.88 Å². The maximum Gasteiger partial charge on any atom is 0.313 e. The number of rotatable bonds is 1. The van der Waals surface area contributed by atoms with Crippen molar-refractivity contribution in [2.45, 2.75) is 13.8 Å². The Morgan fingerprint density at radius 1 is 1.31 bits per heavy atom. The predicted octanol–water partition coefficient (Wildman–Crippen LogP) is 2.46. The summed E-state index contributed by atoms with van der Waals surface area (Å²) in [7, 11) is 0. The molecule has 0 fully saturated rings. The molecule has 0 atom stereocenters. The van der Waals surface area contributed by atoms with Gasteiger partial charge < -0.3 is 4.42 Å². The summed E-state index contributed by atoms with van der Waals surface area (Å²) in [6.07, 6.45) is 0. The van der Waals surface area contributed by atoms with Gasteiger partial charge in [0, 0.05) is 0 Å². The monoisotopic (exact) mass is 215 g/mol. The minimum atomic E-state index is 0.0560. The normalized spacial score (nSPS) is 10.7. The second kappa shape index (κ2) is 3.08. The van der Waals surface area contributed by atoms with Crippen molar-refractivity contribution >= 4 is 22.9 Å². The Balaban J connectivity index is 2.51. The lowest BCUT2D eigenvalue weighted by atomic mass is 10.4. The van der Waals surface area contributed by atoms with Gasteiger partial charge in [0.25, 0.3) is 5.89 Å². The van der Waals surface area contributed by atoms with Gasteiger partial charge in [-0.15, -0.1) is 16.4 Å². The van der Waals surface area contributed by atoms with Crippen molar-refractivity contribution in [3.8, 4) is 10.8 Å². The van der Waals surface area contributed by atoms with Crippen LogP contribution in [0.4, 0.5) is 0 Å². The van der Waals surface area contributed by atoms with Gasteiger partial charge >= 0.3 is 5.35 Å². The van der Waals surface area contributed by atoms with Gasteiger partial charge in [0.2, 0.25) is 0 Å². The Hall–Kier alpha value is -0.940. The molecular weight excluding hydrogens is 210 g/mol. The first kappa shape index (κ1) is 8.65. The molecule has 0 saturated heterocycles. The van der Waals surface area contributed by atoms with Crippen LogP contribution >= 0.6 is 22.9 Å². The molecule has 0 radical (unpaired) electrons. The Labute approximate surface area is 83.6 Å². The van der Waals surface area contributed by atoms with E-state index >= 15 is 0 Å². The van der Waals surface area contributed by atoms with E-state index < -0.39 is 0 Å². The van der Waals surface area contributed by atoms with Crippen LogP contribution in [-0.2, 0) is 0 Å². The zero-order chi connectivity index (χ0) is 9.42. The average Bonchev–Trinajstić information content (AvgIpc) is 2.58. The van der Waals surface area contributed by atoms with Gasteiger partial charge in [0.05, 0.1) is 10.7 Å². The van der Waals surface area contributed by atoms with Gasteiger partial charge in [-0.25, -0.2) is 4.98 Å². The lowest BCUT2D eigenvalue weighted by Crippen LogP contribution is -1.77. The van der Waals surface area contributed by atoms with Crippen molar-refractivity contribution in [1.29, 1.82) is 0 Å². The first-order valence-corrected chi connectivity index (χ1v) is 4.79.